The van der Waals surface area contributed by atoms with Crippen LogP contribution in [-0.4, -0.2) is 120 Å². The topological polar surface area (TPSA) is 187 Å². The number of nitrogens with zero attached hydrogens (tertiary/aromatic N) is 2. The quantitative estimate of drug-likeness (QED) is 0.172. The van der Waals surface area contributed by atoms with Gasteiger partial charge in [-0.2, -0.15) is 0 Å². The van der Waals surface area contributed by atoms with Crippen LogP contribution in [0.4, 0.5) is 4.79 Å². The molecular weight excluding hydrogens is 586 g/mol. The molecule has 2 heterocycles. The van der Waals surface area contributed by atoms with E-state index in [0.29, 0.717) is 19.6 Å². The molecule has 14 nitrogen and oxygen atoms in total. The lowest BCUT2D eigenvalue weighted by Gasteiger charge is -2.33. The maximum Gasteiger partial charge on any atom is 0.408 e. The maximum absolute atomic E-state index is 13.3. The smallest absolute Gasteiger partial charge is 0.408 e. The number of rotatable bonds is 15. The van der Waals surface area contributed by atoms with Crippen LogP contribution in [0, 0.1) is 5.92 Å². The van der Waals surface area contributed by atoms with Gasteiger partial charge in [-0.15, -0.1) is 0 Å². The highest BCUT2D eigenvalue weighted by Crippen LogP contribution is 2.40. The summed E-state index contributed by atoms with van der Waals surface area (Å²) >= 11 is 0. The molecule has 3 amide bonds. The van der Waals surface area contributed by atoms with Gasteiger partial charge >= 0.3 is 18.0 Å². The first kappa shape index (κ1) is 34.1. The molecule has 3 aliphatic rings. The summed E-state index contributed by atoms with van der Waals surface area (Å²) in [4.78, 5) is 66.8. The monoisotopic (exact) mass is 631 g/mol. The van der Waals surface area contributed by atoms with Crippen molar-refractivity contribution in [1.29, 1.82) is 0 Å². The Labute approximate surface area is 262 Å². The van der Waals surface area contributed by atoms with Gasteiger partial charge in [-0.05, 0) is 37.2 Å². The fourth-order valence-electron chi connectivity index (χ4n) is 6.39. The van der Waals surface area contributed by atoms with Crippen molar-refractivity contribution in [2.75, 3.05) is 45.9 Å². The van der Waals surface area contributed by atoms with Crippen molar-refractivity contribution < 1.29 is 43.7 Å². The Morgan fingerprint density at radius 2 is 1.71 bits per heavy atom. The van der Waals surface area contributed by atoms with Crippen LogP contribution in [0.25, 0.3) is 0 Å². The van der Waals surface area contributed by atoms with E-state index in [4.69, 9.17) is 9.47 Å². The summed E-state index contributed by atoms with van der Waals surface area (Å²) in [5, 5.41) is 27.8. The third kappa shape index (κ3) is 10.1. The standard InChI is InChI=1S/C31H45N5O9/c37-27(36-25-9-5-4-8-22(25)18-26(36)30(41)42)11-10-23(29(39)40)33-28(38)24(20-44-17-16-35-14-12-32-13-15-35)34-31(43)45-19-21-6-2-1-3-7-21/h1-3,6-7,22-26,32H,4-5,8-20H2,(H,33,38)(H,34,43)(H,39,40)(H,41,42)/t22-,23+,24-,25-,26-/m0/s1. The van der Waals surface area contributed by atoms with Crippen molar-refractivity contribution in [3.8, 4) is 0 Å². The first-order valence-corrected chi connectivity index (χ1v) is 15.8. The van der Waals surface area contributed by atoms with E-state index in [-0.39, 0.29) is 38.0 Å². The van der Waals surface area contributed by atoms with E-state index in [2.05, 4.69) is 20.9 Å². The molecule has 1 saturated carbocycles. The predicted octanol–water partition coefficient (Wildman–Crippen LogP) is 0.797. The zero-order valence-corrected chi connectivity index (χ0v) is 25.5. The molecule has 2 aliphatic heterocycles. The van der Waals surface area contributed by atoms with E-state index < -0.39 is 48.0 Å². The SMILES string of the molecule is O=C(N[C@@H](COCCN1CCNCC1)C(=O)N[C@H](CCC(=O)N1[C@H](C(=O)O)C[C@@H]2CCCC[C@@H]21)C(=O)O)OCc1ccccc1. The van der Waals surface area contributed by atoms with Gasteiger partial charge in [0.05, 0.1) is 13.2 Å². The van der Waals surface area contributed by atoms with Crippen molar-refractivity contribution in [3.05, 3.63) is 35.9 Å². The normalized spacial score (nSPS) is 22.9. The number of amides is 3. The number of carboxylic acids is 2. The number of piperazine rings is 1. The van der Waals surface area contributed by atoms with Crippen LogP contribution in [0.15, 0.2) is 30.3 Å². The molecule has 14 heteroatoms. The Kier molecular flexibility index (Phi) is 13.0. The molecule has 2 saturated heterocycles. The first-order valence-electron chi connectivity index (χ1n) is 15.8. The molecule has 0 radical (unpaired) electrons. The van der Waals surface area contributed by atoms with Gasteiger partial charge in [-0.3, -0.25) is 14.5 Å². The summed E-state index contributed by atoms with van der Waals surface area (Å²) in [6, 6.07) is 5.19. The van der Waals surface area contributed by atoms with Crippen molar-refractivity contribution in [1.82, 2.24) is 25.8 Å². The fourth-order valence-corrected chi connectivity index (χ4v) is 6.39. The predicted molar refractivity (Wildman–Crippen MR) is 161 cm³/mol. The largest absolute Gasteiger partial charge is 0.480 e. The lowest BCUT2D eigenvalue weighted by molar-refractivity contribution is -0.150. The zero-order chi connectivity index (χ0) is 32.2. The number of ether oxygens (including phenoxy) is 2. The maximum atomic E-state index is 13.3. The summed E-state index contributed by atoms with van der Waals surface area (Å²) in [6.07, 6.45) is 2.53. The molecule has 4 rings (SSSR count). The van der Waals surface area contributed by atoms with Crippen LogP contribution in [-0.2, 0) is 35.3 Å². The molecule has 45 heavy (non-hydrogen) atoms. The molecule has 248 valence electrons. The van der Waals surface area contributed by atoms with E-state index in [1.165, 1.54) is 4.90 Å². The molecule has 1 aromatic rings. The Hall–Kier alpha value is -3.75. The van der Waals surface area contributed by atoms with Crippen LogP contribution in [0.2, 0.25) is 0 Å². The second kappa shape index (κ2) is 17.1. The molecule has 0 bridgehead atoms. The summed E-state index contributed by atoms with van der Waals surface area (Å²) in [5.41, 5.74) is 0.749. The van der Waals surface area contributed by atoms with Gasteiger partial charge in [0.1, 0.15) is 24.7 Å². The third-order valence-electron chi connectivity index (χ3n) is 8.79. The minimum absolute atomic E-state index is 0.0274. The van der Waals surface area contributed by atoms with Crippen LogP contribution >= 0.6 is 0 Å². The Morgan fingerprint density at radius 3 is 2.42 bits per heavy atom. The van der Waals surface area contributed by atoms with E-state index in [1.54, 1.807) is 24.3 Å². The number of carbonyl (C=O) groups is 5. The number of hydrogen-bond donors (Lipinski definition) is 5. The number of hydrogen-bond acceptors (Lipinski definition) is 9. The number of nitrogens with one attached hydrogen (secondary N) is 3. The lowest BCUT2D eigenvalue weighted by Crippen LogP contribution is -2.54. The Bertz CT molecular complexity index is 1160. The fraction of sp³-hybridized carbons (Fsp3) is 0.645. The number of carbonyl (C=O) groups excluding carboxylic acids is 3. The number of aliphatic carboxylic acids is 2. The van der Waals surface area contributed by atoms with Gasteiger partial charge in [0, 0.05) is 45.2 Å². The second-order valence-corrected chi connectivity index (χ2v) is 11.9. The average Bonchev–Trinajstić information content (AvgIpc) is 3.44. The number of fused-ring (bicyclic) bond motifs is 1. The van der Waals surface area contributed by atoms with Crippen LogP contribution < -0.4 is 16.0 Å². The van der Waals surface area contributed by atoms with Crippen molar-refractivity contribution in [2.45, 2.75) is 75.7 Å². The van der Waals surface area contributed by atoms with Crippen LogP contribution in [0.5, 0.6) is 0 Å². The number of carboxylic acid groups (broad SMARTS) is 2. The number of likely N-dealkylation sites (tertiary alicyclic amines) is 1. The highest BCUT2D eigenvalue weighted by Gasteiger charge is 2.47. The molecule has 5 atom stereocenters. The molecule has 0 spiro atoms. The molecule has 0 unspecified atom stereocenters. The Balaban J connectivity index is 1.34. The summed E-state index contributed by atoms with van der Waals surface area (Å²) in [7, 11) is 0. The van der Waals surface area contributed by atoms with E-state index >= 15 is 0 Å². The van der Waals surface area contributed by atoms with Gasteiger partial charge in [-0.1, -0.05) is 43.2 Å². The number of benzene rings is 1. The third-order valence-corrected chi connectivity index (χ3v) is 8.79. The Morgan fingerprint density at radius 1 is 0.978 bits per heavy atom. The summed E-state index contributed by atoms with van der Waals surface area (Å²) in [6.45, 7) is 4.14. The van der Waals surface area contributed by atoms with E-state index in [1.807, 2.05) is 6.07 Å². The van der Waals surface area contributed by atoms with E-state index in [9.17, 15) is 34.2 Å². The van der Waals surface area contributed by atoms with Gasteiger partial charge in [0.2, 0.25) is 11.8 Å². The lowest BCUT2D eigenvalue weighted by atomic mass is 9.84. The molecule has 3 fully saturated rings. The van der Waals surface area contributed by atoms with Crippen molar-refractivity contribution >= 4 is 29.8 Å². The van der Waals surface area contributed by atoms with Gasteiger partial charge in [0.25, 0.3) is 0 Å². The number of alkyl carbamates (subject to hydrolysis) is 1. The van der Waals surface area contributed by atoms with Gasteiger partial charge in [0.15, 0.2) is 0 Å². The minimum Gasteiger partial charge on any atom is -0.480 e. The van der Waals surface area contributed by atoms with Crippen LogP contribution in [0.1, 0.15) is 50.5 Å². The summed E-state index contributed by atoms with van der Waals surface area (Å²) in [5.74, 6) is -3.53. The highest BCUT2D eigenvalue weighted by molar-refractivity contribution is 5.90. The molecule has 0 aromatic heterocycles. The zero-order valence-electron chi connectivity index (χ0n) is 25.5. The van der Waals surface area contributed by atoms with Crippen molar-refractivity contribution in [2.24, 2.45) is 5.92 Å². The molecule has 1 aliphatic carbocycles. The van der Waals surface area contributed by atoms with Gasteiger partial charge < -0.3 is 40.5 Å². The van der Waals surface area contributed by atoms with Crippen LogP contribution in [0.3, 0.4) is 0 Å². The highest BCUT2D eigenvalue weighted by atomic mass is 16.5. The molecule has 5 N–H and O–H groups in total. The van der Waals surface area contributed by atoms with Crippen molar-refractivity contribution in [3.63, 3.8) is 0 Å². The van der Waals surface area contributed by atoms with Gasteiger partial charge in [-0.25, -0.2) is 14.4 Å². The minimum atomic E-state index is -1.44. The first-order chi connectivity index (χ1) is 21.7. The summed E-state index contributed by atoms with van der Waals surface area (Å²) < 4.78 is 11.0. The molecular formula is C31H45N5O9. The molecule has 1 aromatic carbocycles. The van der Waals surface area contributed by atoms with E-state index in [0.717, 1.165) is 57.4 Å². The average molecular weight is 632 g/mol. The second-order valence-electron chi connectivity index (χ2n) is 11.9.